The summed E-state index contributed by atoms with van der Waals surface area (Å²) in [6, 6.07) is 2.95. The van der Waals surface area contributed by atoms with Gasteiger partial charge in [0.25, 0.3) is 5.56 Å². The maximum atomic E-state index is 13.4. The van der Waals surface area contributed by atoms with Crippen LogP contribution in [0.4, 0.5) is 4.39 Å². The molecule has 0 aliphatic heterocycles. The van der Waals surface area contributed by atoms with Gasteiger partial charge >= 0.3 is 5.69 Å². The highest BCUT2D eigenvalue weighted by molar-refractivity contribution is 5.85. The van der Waals surface area contributed by atoms with Crippen molar-refractivity contribution in [1.82, 2.24) is 9.55 Å². The molecular formula is C12H12ClFN2O2. The van der Waals surface area contributed by atoms with Crippen molar-refractivity contribution in [3.05, 3.63) is 44.4 Å². The first-order chi connectivity index (χ1) is 8.09. The van der Waals surface area contributed by atoms with E-state index in [9.17, 15) is 14.0 Å². The first-order valence-electron chi connectivity index (χ1n) is 5.53. The number of H-pyrrole nitrogens is 1. The molecule has 1 N–H and O–H groups in total. The van der Waals surface area contributed by atoms with Gasteiger partial charge in [0, 0.05) is 6.04 Å². The van der Waals surface area contributed by atoms with E-state index in [4.69, 9.17) is 0 Å². The van der Waals surface area contributed by atoms with Gasteiger partial charge in [-0.1, -0.05) is 0 Å². The predicted octanol–water partition coefficient (Wildman–Crippen LogP) is 1.89. The fourth-order valence-corrected chi connectivity index (χ4v) is 2.18. The van der Waals surface area contributed by atoms with Gasteiger partial charge in [-0.2, -0.15) is 0 Å². The van der Waals surface area contributed by atoms with E-state index in [-0.39, 0.29) is 29.4 Å². The molecule has 1 aliphatic carbocycles. The van der Waals surface area contributed by atoms with Crippen molar-refractivity contribution in [3.63, 3.8) is 0 Å². The molecule has 1 aliphatic rings. The minimum absolute atomic E-state index is 0. The number of hydrogen-bond acceptors (Lipinski definition) is 2. The summed E-state index contributed by atoms with van der Waals surface area (Å²) in [5, 5.41) is 0.275. The quantitative estimate of drug-likeness (QED) is 0.860. The van der Waals surface area contributed by atoms with Gasteiger partial charge in [-0.05, 0) is 37.5 Å². The molecule has 1 fully saturated rings. The zero-order valence-electron chi connectivity index (χ0n) is 9.70. The third-order valence-electron chi connectivity index (χ3n) is 3.21. The minimum Gasteiger partial charge on any atom is -0.290 e. The van der Waals surface area contributed by atoms with Gasteiger partial charge in [0.2, 0.25) is 0 Å². The van der Waals surface area contributed by atoms with Gasteiger partial charge in [0.05, 0.1) is 10.9 Å². The SMILES string of the molecule is Cc1c(F)ccc2c1c(=O)[nH]c(=O)n2C1CC1.Cl. The molecule has 0 bridgehead atoms. The fourth-order valence-electron chi connectivity index (χ4n) is 2.18. The third kappa shape index (κ3) is 1.75. The maximum Gasteiger partial charge on any atom is 0.329 e. The van der Waals surface area contributed by atoms with Crippen LogP contribution in [0.1, 0.15) is 24.4 Å². The molecule has 0 atom stereocenters. The lowest BCUT2D eigenvalue weighted by Crippen LogP contribution is -2.30. The first-order valence-corrected chi connectivity index (χ1v) is 5.53. The van der Waals surface area contributed by atoms with E-state index in [1.165, 1.54) is 12.1 Å². The lowest BCUT2D eigenvalue weighted by Gasteiger charge is -2.09. The molecule has 2 aromatic rings. The van der Waals surface area contributed by atoms with Crippen LogP contribution in [0.2, 0.25) is 0 Å². The Labute approximate surface area is 108 Å². The zero-order valence-corrected chi connectivity index (χ0v) is 10.5. The van der Waals surface area contributed by atoms with Crippen molar-refractivity contribution >= 4 is 23.3 Å². The second-order valence-electron chi connectivity index (χ2n) is 4.43. The first kappa shape index (κ1) is 12.8. The van der Waals surface area contributed by atoms with E-state index in [0.717, 1.165) is 12.8 Å². The third-order valence-corrected chi connectivity index (χ3v) is 3.21. The van der Waals surface area contributed by atoms with Gasteiger partial charge < -0.3 is 0 Å². The number of benzene rings is 1. The lowest BCUT2D eigenvalue weighted by molar-refractivity contribution is 0.619. The smallest absolute Gasteiger partial charge is 0.290 e. The van der Waals surface area contributed by atoms with Crippen LogP contribution in [-0.4, -0.2) is 9.55 Å². The monoisotopic (exact) mass is 270 g/mol. The van der Waals surface area contributed by atoms with Crippen molar-refractivity contribution in [2.24, 2.45) is 0 Å². The summed E-state index contributed by atoms with van der Waals surface area (Å²) >= 11 is 0. The van der Waals surface area contributed by atoms with Crippen LogP contribution in [0.25, 0.3) is 10.9 Å². The molecule has 0 spiro atoms. The summed E-state index contributed by atoms with van der Waals surface area (Å²) in [5.41, 5.74) is -0.104. The van der Waals surface area contributed by atoms with E-state index in [1.807, 2.05) is 0 Å². The highest BCUT2D eigenvalue weighted by Crippen LogP contribution is 2.35. The normalized spacial score (nSPS) is 14.6. The number of aromatic amines is 1. The molecule has 1 aromatic heterocycles. The Bertz CT molecular complexity index is 731. The second-order valence-corrected chi connectivity index (χ2v) is 4.43. The minimum atomic E-state index is -0.515. The molecule has 4 nitrogen and oxygen atoms in total. The van der Waals surface area contributed by atoms with E-state index in [1.54, 1.807) is 11.5 Å². The Kier molecular flexibility index (Phi) is 3.02. The molecule has 0 amide bonds. The van der Waals surface area contributed by atoms with E-state index >= 15 is 0 Å². The van der Waals surface area contributed by atoms with Gasteiger partial charge in [-0.15, -0.1) is 12.4 Å². The summed E-state index contributed by atoms with van der Waals surface area (Å²) in [4.78, 5) is 25.7. The molecular weight excluding hydrogens is 259 g/mol. The Hall–Kier alpha value is -1.62. The van der Waals surface area contributed by atoms with Crippen molar-refractivity contribution in [1.29, 1.82) is 0 Å². The molecule has 0 saturated heterocycles. The number of aryl methyl sites for hydroxylation is 1. The molecule has 6 heteroatoms. The molecule has 1 aromatic carbocycles. The van der Waals surface area contributed by atoms with Crippen LogP contribution in [0.5, 0.6) is 0 Å². The molecule has 1 saturated carbocycles. The number of rotatable bonds is 1. The van der Waals surface area contributed by atoms with Crippen LogP contribution in [-0.2, 0) is 0 Å². The summed E-state index contributed by atoms with van der Waals surface area (Å²) < 4.78 is 15.0. The number of nitrogens with one attached hydrogen (secondary N) is 1. The van der Waals surface area contributed by atoms with E-state index in [2.05, 4.69) is 4.98 Å². The van der Waals surface area contributed by atoms with Gasteiger partial charge in [0.15, 0.2) is 0 Å². The molecule has 0 radical (unpaired) electrons. The number of aromatic nitrogens is 2. The standard InChI is InChI=1S/C12H11FN2O2.ClH/c1-6-8(13)4-5-9-10(6)11(16)14-12(17)15(9)7-2-3-7;/h4-5,7H,2-3H2,1H3,(H,14,16,17);1H. The number of hydrogen-bond donors (Lipinski definition) is 1. The van der Waals surface area contributed by atoms with E-state index < -0.39 is 17.1 Å². The van der Waals surface area contributed by atoms with Crippen molar-refractivity contribution in [2.75, 3.05) is 0 Å². The Balaban J connectivity index is 0.00000120. The fraction of sp³-hybridized carbons (Fsp3) is 0.333. The highest BCUT2D eigenvalue weighted by atomic mass is 35.5. The van der Waals surface area contributed by atoms with Crippen molar-refractivity contribution in [3.8, 4) is 0 Å². The molecule has 96 valence electrons. The average molecular weight is 271 g/mol. The van der Waals surface area contributed by atoms with Crippen LogP contribution in [0, 0.1) is 12.7 Å². The van der Waals surface area contributed by atoms with Crippen LogP contribution >= 0.6 is 12.4 Å². The van der Waals surface area contributed by atoms with Gasteiger partial charge in [0.1, 0.15) is 5.82 Å². The summed E-state index contributed by atoms with van der Waals surface area (Å²) in [7, 11) is 0. The summed E-state index contributed by atoms with van der Waals surface area (Å²) in [6.45, 7) is 1.55. The lowest BCUT2D eigenvalue weighted by atomic mass is 10.1. The average Bonchev–Trinajstić information content (AvgIpc) is 3.07. The second kappa shape index (κ2) is 4.24. The molecule has 0 unspecified atom stereocenters. The zero-order chi connectivity index (χ0) is 12.2. The van der Waals surface area contributed by atoms with E-state index in [0.29, 0.717) is 5.52 Å². The number of fused-ring (bicyclic) bond motifs is 1. The van der Waals surface area contributed by atoms with Crippen molar-refractivity contribution < 1.29 is 4.39 Å². The molecule has 18 heavy (non-hydrogen) atoms. The van der Waals surface area contributed by atoms with Crippen molar-refractivity contribution in [2.45, 2.75) is 25.8 Å². The maximum absolute atomic E-state index is 13.4. The number of halogens is 2. The topological polar surface area (TPSA) is 54.9 Å². The van der Waals surface area contributed by atoms with Gasteiger partial charge in [-0.3, -0.25) is 14.3 Å². The highest BCUT2D eigenvalue weighted by Gasteiger charge is 2.27. The van der Waals surface area contributed by atoms with Crippen LogP contribution < -0.4 is 11.2 Å². The largest absolute Gasteiger partial charge is 0.329 e. The number of nitrogens with zero attached hydrogens (tertiary/aromatic N) is 1. The van der Waals surface area contributed by atoms with Crippen LogP contribution in [0.15, 0.2) is 21.7 Å². The Morgan fingerprint density at radius 3 is 2.61 bits per heavy atom. The van der Waals surface area contributed by atoms with Crippen LogP contribution in [0.3, 0.4) is 0 Å². The Morgan fingerprint density at radius 1 is 1.33 bits per heavy atom. The van der Waals surface area contributed by atoms with Gasteiger partial charge in [-0.25, -0.2) is 9.18 Å². The molecule has 1 heterocycles. The Morgan fingerprint density at radius 2 is 2.00 bits per heavy atom. The summed E-state index contributed by atoms with van der Waals surface area (Å²) in [6.07, 6.45) is 1.86. The molecule has 3 rings (SSSR count). The summed E-state index contributed by atoms with van der Waals surface area (Å²) in [5.74, 6) is -0.427. The predicted molar refractivity (Wildman–Crippen MR) is 69.0 cm³/mol.